The zero-order valence-corrected chi connectivity index (χ0v) is 14.1. The number of sulfonamides is 1. The molecular weight excluding hydrogens is 320 g/mol. The Bertz CT molecular complexity index is 787. The first kappa shape index (κ1) is 17.6. The minimum Gasteiger partial charge on any atom is -0.207 e. The number of hydrogen-bond donors (Lipinski definition) is 0. The Morgan fingerprint density at radius 1 is 1.04 bits per heavy atom. The summed E-state index contributed by atoms with van der Waals surface area (Å²) in [5.41, 5.74) is 1.92. The molecule has 0 heterocycles. The number of benzene rings is 2. The van der Waals surface area contributed by atoms with E-state index in [0.29, 0.717) is 12.0 Å². The van der Waals surface area contributed by atoms with E-state index in [1.807, 2.05) is 24.3 Å². The highest BCUT2D eigenvalue weighted by molar-refractivity contribution is 7.89. The van der Waals surface area contributed by atoms with Crippen LogP contribution in [0.2, 0.25) is 0 Å². The molecule has 0 saturated carbocycles. The van der Waals surface area contributed by atoms with E-state index >= 15 is 0 Å². The molecule has 0 aliphatic heterocycles. The smallest absolute Gasteiger partial charge is 0.207 e. The van der Waals surface area contributed by atoms with E-state index in [4.69, 9.17) is 0 Å². The van der Waals surface area contributed by atoms with Crippen molar-refractivity contribution in [3.8, 4) is 0 Å². The maximum Gasteiger partial charge on any atom is 0.246 e. The summed E-state index contributed by atoms with van der Waals surface area (Å²) < 4.78 is 52.8. The minimum atomic E-state index is -4.10. The topological polar surface area (TPSA) is 37.4 Å². The van der Waals surface area contributed by atoms with Crippen LogP contribution in [0.15, 0.2) is 47.4 Å². The minimum absolute atomic E-state index is 0.0800. The molecule has 2 rings (SSSR count). The van der Waals surface area contributed by atoms with Gasteiger partial charge < -0.3 is 0 Å². The third kappa shape index (κ3) is 3.95. The second-order valence-electron chi connectivity index (χ2n) is 5.73. The molecule has 0 aromatic heterocycles. The molecule has 0 N–H and O–H groups in total. The lowest BCUT2D eigenvalue weighted by atomic mass is 10.0. The van der Waals surface area contributed by atoms with Crippen LogP contribution in [0.5, 0.6) is 0 Å². The fraction of sp³-hybridized carbons (Fsp3) is 0.294. The first-order valence-corrected chi connectivity index (χ1v) is 8.66. The van der Waals surface area contributed by atoms with E-state index in [0.717, 1.165) is 27.6 Å². The fourth-order valence-corrected chi connectivity index (χ4v) is 3.42. The van der Waals surface area contributed by atoms with Gasteiger partial charge in [0, 0.05) is 13.6 Å². The van der Waals surface area contributed by atoms with Crippen molar-refractivity contribution in [3.05, 3.63) is 65.2 Å². The fourth-order valence-electron chi connectivity index (χ4n) is 2.19. The molecule has 0 unspecified atom stereocenters. The second-order valence-corrected chi connectivity index (χ2v) is 7.75. The van der Waals surface area contributed by atoms with Crippen LogP contribution in [0.4, 0.5) is 8.78 Å². The van der Waals surface area contributed by atoms with Gasteiger partial charge in [-0.3, -0.25) is 0 Å². The van der Waals surface area contributed by atoms with Crippen molar-refractivity contribution in [3.63, 3.8) is 0 Å². The molecule has 6 heteroatoms. The lowest BCUT2D eigenvalue weighted by Crippen LogP contribution is -2.27. The summed E-state index contributed by atoms with van der Waals surface area (Å²) in [5, 5.41) is 0. The van der Waals surface area contributed by atoms with Crippen molar-refractivity contribution in [2.75, 3.05) is 7.05 Å². The molecule has 0 amide bonds. The van der Waals surface area contributed by atoms with E-state index in [-0.39, 0.29) is 6.54 Å². The quantitative estimate of drug-likeness (QED) is 0.828. The Labute approximate surface area is 135 Å². The van der Waals surface area contributed by atoms with Gasteiger partial charge in [0.05, 0.1) is 0 Å². The predicted octanol–water partition coefficient (Wildman–Crippen LogP) is 3.91. The Morgan fingerprint density at radius 2 is 1.65 bits per heavy atom. The van der Waals surface area contributed by atoms with Gasteiger partial charge in [0.15, 0.2) is 0 Å². The third-order valence-electron chi connectivity index (χ3n) is 3.63. The summed E-state index contributed by atoms with van der Waals surface area (Å²) in [5.74, 6) is -1.38. The van der Waals surface area contributed by atoms with E-state index < -0.39 is 26.6 Å². The molecular formula is C17H19F2NO2S. The molecule has 0 bridgehead atoms. The van der Waals surface area contributed by atoms with Crippen LogP contribution in [0.1, 0.15) is 30.9 Å². The number of rotatable bonds is 5. The van der Waals surface area contributed by atoms with Crippen LogP contribution in [-0.4, -0.2) is 19.8 Å². The van der Waals surface area contributed by atoms with Crippen molar-refractivity contribution in [2.45, 2.75) is 31.2 Å². The zero-order chi connectivity index (χ0) is 17.2. The summed E-state index contributed by atoms with van der Waals surface area (Å²) in [7, 11) is -2.76. The van der Waals surface area contributed by atoms with Gasteiger partial charge >= 0.3 is 0 Å². The summed E-state index contributed by atoms with van der Waals surface area (Å²) in [6, 6.07) is 9.94. The van der Waals surface area contributed by atoms with Gasteiger partial charge in [-0.1, -0.05) is 38.1 Å². The average molecular weight is 339 g/mol. The summed E-state index contributed by atoms with van der Waals surface area (Å²) in [6.45, 7) is 4.22. The molecule has 0 spiro atoms. The molecule has 124 valence electrons. The third-order valence-corrected chi connectivity index (χ3v) is 5.45. The van der Waals surface area contributed by atoms with Gasteiger partial charge in [-0.05, 0) is 35.2 Å². The maximum atomic E-state index is 13.7. The number of nitrogens with zero attached hydrogens (tertiary/aromatic N) is 1. The molecule has 0 atom stereocenters. The largest absolute Gasteiger partial charge is 0.246 e. The van der Waals surface area contributed by atoms with E-state index in [1.165, 1.54) is 7.05 Å². The van der Waals surface area contributed by atoms with Crippen LogP contribution in [0, 0.1) is 11.6 Å². The van der Waals surface area contributed by atoms with Crippen molar-refractivity contribution in [1.29, 1.82) is 0 Å². The molecule has 0 fully saturated rings. The standard InChI is InChI=1S/C17H19F2NO2S/c1-12(2)14-6-4-13(5-7-14)11-20(3)23(21,22)17-10-15(18)8-9-16(17)19/h4-10,12H,11H2,1-3H3. The van der Waals surface area contributed by atoms with E-state index in [9.17, 15) is 17.2 Å². The number of hydrogen-bond acceptors (Lipinski definition) is 2. The van der Waals surface area contributed by atoms with Crippen LogP contribution in [-0.2, 0) is 16.6 Å². The molecule has 23 heavy (non-hydrogen) atoms. The van der Waals surface area contributed by atoms with Crippen molar-refractivity contribution in [1.82, 2.24) is 4.31 Å². The van der Waals surface area contributed by atoms with Crippen LogP contribution >= 0.6 is 0 Å². The average Bonchev–Trinajstić information content (AvgIpc) is 2.50. The van der Waals surface area contributed by atoms with Crippen LogP contribution in [0.25, 0.3) is 0 Å². The second kappa shape index (κ2) is 6.76. The van der Waals surface area contributed by atoms with Gasteiger partial charge in [0.25, 0.3) is 0 Å². The Balaban J connectivity index is 2.25. The summed E-state index contributed by atoms with van der Waals surface area (Å²) >= 11 is 0. The first-order chi connectivity index (χ1) is 10.7. The molecule has 2 aromatic carbocycles. The molecule has 2 aromatic rings. The Morgan fingerprint density at radius 3 is 2.22 bits per heavy atom. The predicted molar refractivity (Wildman–Crippen MR) is 85.5 cm³/mol. The van der Waals surface area contributed by atoms with Gasteiger partial charge in [-0.15, -0.1) is 0 Å². The Hall–Kier alpha value is -1.79. The molecule has 0 aliphatic rings. The molecule has 3 nitrogen and oxygen atoms in total. The van der Waals surface area contributed by atoms with Crippen LogP contribution in [0.3, 0.4) is 0 Å². The van der Waals surface area contributed by atoms with Crippen molar-refractivity contribution in [2.24, 2.45) is 0 Å². The first-order valence-electron chi connectivity index (χ1n) is 7.22. The van der Waals surface area contributed by atoms with Gasteiger partial charge in [0.1, 0.15) is 16.5 Å². The summed E-state index contributed by atoms with van der Waals surface area (Å²) in [4.78, 5) is -0.654. The maximum absolute atomic E-state index is 13.7. The highest BCUT2D eigenvalue weighted by Gasteiger charge is 2.25. The van der Waals surface area contributed by atoms with Gasteiger partial charge in [-0.2, -0.15) is 4.31 Å². The van der Waals surface area contributed by atoms with Crippen molar-refractivity contribution >= 4 is 10.0 Å². The van der Waals surface area contributed by atoms with Crippen molar-refractivity contribution < 1.29 is 17.2 Å². The zero-order valence-electron chi connectivity index (χ0n) is 13.3. The summed E-state index contributed by atoms with van der Waals surface area (Å²) in [6.07, 6.45) is 0. The monoisotopic (exact) mass is 339 g/mol. The van der Waals surface area contributed by atoms with Crippen LogP contribution < -0.4 is 0 Å². The highest BCUT2D eigenvalue weighted by Crippen LogP contribution is 2.22. The van der Waals surface area contributed by atoms with E-state index in [2.05, 4.69) is 13.8 Å². The van der Waals surface area contributed by atoms with Gasteiger partial charge in [0.2, 0.25) is 10.0 Å². The lowest BCUT2D eigenvalue weighted by molar-refractivity contribution is 0.458. The molecule has 0 aliphatic carbocycles. The van der Waals surface area contributed by atoms with Gasteiger partial charge in [-0.25, -0.2) is 17.2 Å². The SMILES string of the molecule is CC(C)c1ccc(CN(C)S(=O)(=O)c2cc(F)ccc2F)cc1. The normalized spacial score (nSPS) is 12.1. The lowest BCUT2D eigenvalue weighted by Gasteiger charge is -2.18. The molecule has 0 saturated heterocycles. The number of halogens is 2. The Kier molecular flexibility index (Phi) is 5.16. The van der Waals surface area contributed by atoms with E-state index in [1.54, 1.807) is 0 Å². The highest BCUT2D eigenvalue weighted by atomic mass is 32.2. The molecule has 0 radical (unpaired) electrons.